The summed E-state index contributed by atoms with van der Waals surface area (Å²) in [6.45, 7) is 1.88. The van der Waals surface area contributed by atoms with Crippen molar-refractivity contribution in [3.05, 3.63) is 29.3 Å². The quantitative estimate of drug-likeness (QED) is 0.794. The van der Waals surface area contributed by atoms with E-state index in [1.165, 1.54) is 20.3 Å². The molecule has 0 aliphatic rings. The van der Waals surface area contributed by atoms with Crippen LogP contribution in [0.15, 0.2) is 18.2 Å². The zero-order valence-electron chi connectivity index (χ0n) is 11.1. The summed E-state index contributed by atoms with van der Waals surface area (Å²) < 4.78 is 35.2. The van der Waals surface area contributed by atoms with Gasteiger partial charge in [0.1, 0.15) is 0 Å². The Hall–Kier alpha value is -1.60. The summed E-state index contributed by atoms with van der Waals surface area (Å²) in [6, 6.07) is 4.81. The van der Waals surface area contributed by atoms with E-state index in [-0.39, 0.29) is 23.6 Å². The number of anilines is 1. The lowest BCUT2D eigenvalue weighted by molar-refractivity contribution is 0.0602. The Morgan fingerprint density at radius 3 is 2.58 bits per heavy atom. The minimum absolute atomic E-state index is 0.0781. The Kier molecular flexibility index (Phi) is 5.31. The Balaban J connectivity index is 3.04. The van der Waals surface area contributed by atoms with Crippen LogP contribution in [0, 0.1) is 6.92 Å². The van der Waals surface area contributed by atoms with E-state index in [0.29, 0.717) is 0 Å². The molecule has 0 aliphatic heterocycles. The van der Waals surface area contributed by atoms with Crippen LogP contribution in [0.25, 0.3) is 0 Å². The van der Waals surface area contributed by atoms with Crippen LogP contribution in [-0.4, -0.2) is 41.0 Å². The van der Waals surface area contributed by atoms with E-state index in [1.807, 2.05) is 0 Å². The van der Waals surface area contributed by atoms with Crippen molar-refractivity contribution < 1.29 is 22.7 Å². The van der Waals surface area contributed by atoms with E-state index < -0.39 is 16.0 Å². The van der Waals surface area contributed by atoms with Crippen LogP contribution in [0.1, 0.15) is 15.9 Å². The molecule has 1 aromatic carbocycles. The van der Waals surface area contributed by atoms with Gasteiger partial charge in [0.2, 0.25) is 10.0 Å². The fourth-order valence-corrected chi connectivity index (χ4v) is 2.44. The van der Waals surface area contributed by atoms with E-state index in [0.717, 1.165) is 5.56 Å². The average molecular weight is 287 g/mol. The first kappa shape index (κ1) is 15.5. The van der Waals surface area contributed by atoms with Gasteiger partial charge in [-0.05, 0) is 19.1 Å². The fourth-order valence-electron chi connectivity index (χ4n) is 1.44. The van der Waals surface area contributed by atoms with Gasteiger partial charge in [0.15, 0.2) is 0 Å². The van der Waals surface area contributed by atoms with E-state index >= 15 is 0 Å². The van der Waals surface area contributed by atoms with Crippen LogP contribution in [0.5, 0.6) is 0 Å². The highest BCUT2D eigenvalue weighted by molar-refractivity contribution is 7.92. The molecule has 0 amide bonds. The highest BCUT2D eigenvalue weighted by Crippen LogP contribution is 2.19. The maximum atomic E-state index is 11.8. The zero-order chi connectivity index (χ0) is 14.5. The summed E-state index contributed by atoms with van der Waals surface area (Å²) in [5, 5.41) is 0. The maximum Gasteiger partial charge on any atom is 0.340 e. The highest BCUT2D eigenvalue weighted by Gasteiger charge is 2.17. The highest BCUT2D eigenvalue weighted by atomic mass is 32.2. The van der Waals surface area contributed by atoms with Crippen molar-refractivity contribution in [1.82, 2.24) is 0 Å². The molecular weight excluding hydrogens is 270 g/mol. The lowest BCUT2D eigenvalue weighted by Crippen LogP contribution is -2.21. The van der Waals surface area contributed by atoms with Gasteiger partial charge in [0.05, 0.1) is 30.7 Å². The van der Waals surface area contributed by atoms with Gasteiger partial charge in [-0.1, -0.05) is 11.6 Å². The Labute approximate surface area is 112 Å². The molecule has 1 N–H and O–H groups in total. The molecule has 0 spiro atoms. The number of methoxy groups -OCH3 is 2. The number of esters is 1. The fraction of sp³-hybridized carbons (Fsp3) is 0.417. The van der Waals surface area contributed by atoms with Crippen LogP contribution in [0.2, 0.25) is 0 Å². The number of hydrogen-bond acceptors (Lipinski definition) is 5. The second kappa shape index (κ2) is 6.53. The lowest BCUT2D eigenvalue weighted by atomic mass is 10.1. The number of rotatable bonds is 6. The topological polar surface area (TPSA) is 81.7 Å². The van der Waals surface area contributed by atoms with Gasteiger partial charge in [-0.2, -0.15) is 0 Å². The summed E-state index contributed by atoms with van der Waals surface area (Å²) >= 11 is 0. The summed E-state index contributed by atoms with van der Waals surface area (Å²) in [5.74, 6) is -0.772. The van der Waals surface area contributed by atoms with E-state index in [4.69, 9.17) is 4.74 Å². The number of carbonyl (C=O) groups excluding carboxylic acids is 1. The van der Waals surface area contributed by atoms with Gasteiger partial charge < -0.3 is 9.47 Å². The smallest absolute Gasteiger partial charge is 0.340 e. The van der Waals surface area contributed by atoms with Gasteiger partial charge in [0, 0.05) is 7.11 Å². The van der Waals surface area contributed by atoms with Crippen molar-refractivity contribution in [3.8, 4) is 0 Å². The molecule has 7 heteroatoms. The van der Waals surface area contributed by atoms with Crippen molar-refractivity contribution in [2.45, 2.75) is 6.92 Å². The Morgan fingerprint density at radius 1 is 1.32 bits per heavy atom. The molecule has 0 radical (unpaired) electrons. The SMILES string of the molecule is COCCS(=O)(=O)Nc1ccc(C)cc1C(=O)OC. The van der Waals surface area contributed by atoms with Crippen LogP contribution in [0.4, 0.5) is 5.69 Å². The molecule has 0 aliphatic carbocycles. The van der Waals surface area contributed by atoms with Crippen LogP contribution < -0.4 is 4.72 Å². The molecular formula is C12H17NO5S. The van der Waals surface area contributed by atoms with Gasteiger partial charge >= 0.3 is 5.97 Å². The standard InChI is InChI=1S/C12H17NO5S/c1-9-4-5-11(10(8-9)12(14)18-3)13-19(15,16)7-6-17-2/h4-5,8,13H,6-7H2,1-3H3. The predicted octanol–water partition coefficient (Wildman–Crippen LogP) is 1.17. The number of carbonyl (C=O) groups is 1. The number of sulfonamides is 1. The van der Waals surface area contributed by atoms with Gasteiger partial charge in [-0.3, -0.25) is 4.72 Å². The minimum atomic E-state index is -3.56. The summed E-state index contributed by atoms with van der Waals surface area (Å²) in [6.07, 6.45) is 0. The molecule has 1 rings (SSSR count). The number of nitrogens with one attached hydrogen (secondary N) is 1. The van der Waals surface area contributed by atoms with Gasteiger partial charge in [-0.25, -0.2) is 13.2 Å². The van der Waals surface area contributed by atoms with Crippen LogP contribution >= 0.6 is 0 Å². The van der Waals surface area contributed by atoms with Crippen molar-refractivity contribution >= 4 is 21.7 Å². The van der Waals surface area contributed by atoms with Crippen LogP contribution in [-0.2, 0) is 19.5 Å². The first-order valence-electron chi connectivity index (χ1n) is 5.58. The van der Waals surface area contributed by atoms with Gasteiger partial charge in [-0.15, -0.1) is 0 Å². The average Bonchev–Trinajstić information content (AvgIpc) is 2.37. The number of hydrogen-bond donors (Lipinski definition) is 1. The first-order chi connectivity index (χ1) is 8.89. The molecule has 106 valence electrons. The zero-order valence-corrected chi connectivity index (χ0v) is 11.9. The number of aryl methyl sites for hydroxylation is 1. The molecule has 1 aromatic rings. The normalized spacial score (nSPS) is 11.1. The number of benzene rings is 1. The second-order valence-corrected chi connectivity index (χ2v) is 5.80. The van der Waals surface area contributed by atoms with Gasteiger partial charge in [0.25, 0.3) is 0 Å². The van der Waals surface area contributed by atoms with Crippen molar-refractivity contribution in [1.29, 1.82) is 0 Å². The summed E-state index contributed by atoms with van der Waals surface area (Å²) in [5.41, 5.74) is 1.22. The van der Waals surface area contributed by atoms with E-state index in [1.54, 1.807) is 19.1 Å². The third-order valence-corrected chi connectivity index (χ3v) is 3.64. The third-order valence-electron chi connectivity index (χ3n) is 2.40. The molecule has 0 saturated carbocycles. The molecule has 0 fully saturated rings. The Morgan fingerprint density at radius 2 is 2.00 bits per heavy atom. The second-order valence-electron chi connectivity index (χ2n) is 3.95. The molecule has 0 atom stereocenters. The van der Waals surface area contributed by atoms with Crippen molar-refractivity contribution in [2.24, 2.45) is 0 Å². The summed E-state index contributed by atoms with van der Waals surface area (Å²) in [4.78, 5) is 11.6. The lowest BCUT2D eigenvalue weighted by Gasteiger charge is -2.12. The molecule has 0 saturated heterocycles. The molecule has 19 heavy (non-hydrogen) atoms. The first-order valence-corrected chi connectivity index (χ1v) is 7.23. The molecule has 6 nitrogen and oxygen atoms in total. The molecule has 0 unspecified atom stereocenters. The Bertz CT molecular complexity index is 553. The third kappa shape index (κ3) is 4.53. The van der Waals surface area contributed by atoms with Crippen LogP contribution in [0.3, 0.4) is 0 Å². The van der Waals surface area contributed by atoms with Crippen molar-refractivity contribution in [3.63, 3.8) is 0 Å². The monoisotopic (exact) mass is 287 g/mol. The maximum absolute atomic E-state index is 11.8. The number of ether oxygens (including phenoxy) is 2. The summed E-state index contributed by atoms with van der Waals surface area (Å²) in [7, 11) is -0.895. The molecule has 0 aromatic heterocycles. The van der Waals surface area contributed by atoms with E-state index in [2.05, 4.69) is 9.46 Å². The van der Waals surface area contributed by atoms with E-state index in [9.17, 15) is 13.2 Å². The van der Waals surface area contributed by atoms with Crippen molar-refractivity contribution in [2.75, 3.05) is 31.3 Å². The largest absolute Gasteiger partial charge is 0.465 e. The predicted molar refractivity (Wildman–Crippen MR) is 71.8 cm³/mol. The molecule has 0 heterocycles. The molecule has 0 bridgehead atoms. The minimum Gasteiger partial charge on any atom is -0.465 e.